The molecule has 0 radical (unpaired) electrons. The van der Waals surface area contributed by atoms with Crippen LogP contribution in [0.2, 0.25) is 0 Å². The molecule has 2 unspecified atom stereocenters. The number of benzene rings is 2. The zero-order chi connectivity index (χ0) is 19.2. The molecule has 4 rings (SSSR count). The summed E-state index contributed by atoms with van der Waals surface area (Å²) in [7, 11) is 4.22. The molecule has 2 aromatic carbocycles. The van der Waals surface area contributed by atoms with Gasteiger partial charge in [-0.1, -0.05) is 37.3 Å². The van der Waals surface area contributed by atoms with Crippen LogP contribution in [0.1, 0.15) is 34.8 Å². The van der Waals surface area contributed by atoms with E-state index in [4.69, 9.17) is 4.74 Å². The first-order chi connectivity index (χ1) is 12.9. The van der Waals surface area contributed by atoms with Crippen molar-refractivity contribution in [1.29, 1.82) is 0 Å². The molecular weight excluding hydrogens is 340 g/mol. The highest BCUT2D eigenvalue weighted by atomic mass is 16.5. The zero-order valence-corrected chi connectivity index (χ0v) is 15.9. The SMILES string of the molecule is CN1CCC2(C)c3cc(C(=O)C(=O)OCc4ccccc4)ccc3N(C)C12. The van der Waals surface area contributed by atoms with E-state index in [0.717, 1.165) is 29.8 Å². The maximum absolute atomic E-state index is 12.6. The second-order valence-electron chi connectivity index (χ2n) is 7.76. The van der Waals surface area contributed by atoms with E-state index < -0.39 is 11.8 Å². The lowest BCUT2D eigenvalue weighted by Gasteiger charge is -2.32. The number of ether oxygens (including phenoxy) is 1. The van der Waals surface area contributed by atoms with Gasteiger partial charge >= 0.3 is 5.97 Å². The van der Waals surface area contributed by atoms with Crippen LogP contribution in [0.3, 0.4) is 0 Å². The van der Waals surface area contributed by atoms with Crippen molar-refractivity contribution in [2.75, 3.05) is 25.5 Å². The largest absolute Gasteiger partial charge is 0.455 e. The van der Waals surface area contributed by atoms with Crippen LogP contribution in [0.15, 0.2) is 48.5 Å². The van der Waals surface area contributed by atoms with Crippen molar-refractivity contribution in [3.63, 3.8) is 0 Å². The second kappa shape index (κ2) is 6.50. The molecule has 0 aliphatic carbocycles. The molecule has 27 heavy (non-hydrogen) atoms. The Balaban J connectivity index is 1.55. The Hall–Kier alpha value is -2.66. The van der Waals surface area contributed by atoms with E-state index in [1.807, 2.05) is 42.5 Å². The average Bonchev–Trinajstić information content (AvgIpc) is 3.11. The molecule has 0 amide bonds. The van der Waals surface area contributed by atoms with Crippen LogP contribution >= 0.6 is 0 Å². The van der Waals surface area contributed by atoms with Gasteiger partial charge in [0.25, 0.3) is 5.78 Å². The van der Waals surface area contributed by atoms with Gasteiger partial charge in [0, 0.05) is 30.3 Å². The van der Waals surface area contributed by atoms with Crippen molar-refractivity contribution in [1.82, 2.24) is 4.90 Å². The van der Waals surface area contributed by atoms with E-state index >= 15 is 0 Å². The lowest BCUT2D eigenvalue weighted by atomic mass is 9.80. The number of Topliss-reactive ketones (excluding diaryl/α,β-unsaturated/α-hetero) is 1. The van der Waals surface area contributed by atoms with Crippen LogP contribution in [0.5, 0.6) is 0 Å². The molecule has 0 spiro atoms. The van der Waals surface area contributed by atoms with Crippen molar-refractivity contribution >= 4 is 17.4 Å². The van der Waals surface area contributed by atoms with Gasteiger partial charge in [-0.2, -0.15) is 0 Å². The third kappa shape index (κ3) is 2.82. The number of carbonyl (C=O) groups is 2. The Labute approximate surface area is 159 Å². The molecule has 5 nitrogen and oxygen atoms in total. The highest BCUT2D eigenvalue weighted by molar-refractivity contribution is 6.40. The van der Waals surface area contributed by atoms with Gasteiger partial charge in [-0.25, -0.2) is 4.79 Å². The summed E-state index contributed by atoms with van der Waals surface area (Å²) >= 11 is 0. The highest BCUT2D eigenvalue weighted by Crippen LogP contribution is 2.51. The summed E-state index contributed by atoms with van der Waals surface area (Å²) in [6.07, 6.45) is 1.31. The Morgan fingerprint density at radius 3 is 2.63 bits per heavy atom. The van der Waals surface area contributed by atoms with Crippen molar-refractivity contribution in [3.05, 3.63) is 65.2 Å². The van der Waals surface area contributed by atoms with Crippen molar-refractivity contribution in [2.45, 2.75) is 31.5 Å². The highest BCUT2D eigenvalue weighted by Gasteiger charge is 2.52. The molecule has 2 atom stereocenters. The molecule has 5 heteroatoms. The standard InChI is InChI=1S/C22H24N2O3/c1-22-11-12-23(2)21(22)24(3)18-10-9-16(13-17(18)22)19(25)20(26)27-14-15-7-5-4-6-8-15/h4-10,13,21H,11-12,14H2,1-3H3. The van der Waals surface area contributed by atoms with Crippen molar-refractivity contribution < 1.29 is 14.3 Å². The molecule has 0 N–H and O–H groups in total. The fourth-order valence-electron chi connectivity index (χ4n) is 4.62. The van der Waals surface area contributed by atoms with E-state index in [9.17, 15) is 9.59 Å². The molecule has 2 aromatic rings. The fourth-order valence-corrected chi connectivity index (χ4v) is 4.62. The lowest BCUT2D eigenvalue weighted by molar-refractivity contribution is -0.139. The van der Waals surface area contributed by atoms with Crippen LogP contribution in [0, 0.1) is 0 Å². The molecule has 2 aliphatic rings. The fraction of sp³-hybridized carbons (Fsp3) is 0.364. The van der Waals surface area contributed by atoms with Gasteiger partial charge in [-0.15, -0.1) is 0 Å². The minimum atomic E-state index is -0.810. The predicted octanol–water partition coefficient (Wildman–Crippen LogP) is 2.98. The number of rotatable bonds is 4. The molecule has 1 fully saturated rings. The van der Waals surface area contributed by atoms with Crippen LogP contribution < -0.4 is 4.90 Å². The molecule has 0 aromatic heterocycles. The Kier molecular flexibility index (Phi) is 4.27. The summed E-state index contributed by atoms with van der Waals surface area (Å²) in [6, 6.07) is 14.9. The minimum absolute atomic E-state index is 0.0386. The maximum atomic E-state index is 12.6. The normalized spacial score (nSPS) is 23.8. The third-order valence-electron chi connectivity index (χ3n) is 5.99. The molecule has 1 saturated heterocycles. The van der Waals surface area contributed by atoms with Crippen molar-refractivity contribution in [2.24, 2.45) is 0 Å². The maximum Gasteiger partial charge on any atom is 0.380 e. The first-order valence-corrected chi connectivity index (χ1v) is 9.25. The molecular formula is C22H24N2O3. The second-order valence-corrected chi connectivity index (χ2v) is 7.76. The van der Waals surface area contributed by atoms with Gasteiger partial charge in [0.05, 0.1) is 6.17 Å². The summed E-state index contributed by atoms with van der Waals surface area (Å²) in [5.41, 5.74) is 3.49. The van der Waals surface area contributed by atoms with Crippen LogP contribution in [-0.2, 0) is 21.6 Å². The number of esters is 1. The monoisotopic (exact) mass is 364 g/mol. The van der Waals surface area contributed by atoms with Crippen LogP contribution in [0.4, 0.5) is 5.69 Å². The number of anilines is 1. The zero-order valence-electron chi connectivity index (χ0n) is 15.9. The van der Waals surface area contributed by atoms with E-state index in [-0.39, 0.29) is 18.2 Å². The van der Waals surface area contributed by atoms with Gasteiger partial charge in [-0.3, -0.25) is 9.69 Å². The number of carbonyl (C=O) groups excluding carboxylic acids is 2. The summed E-state index contributed by atoms with van der Waals surface area (Å²) in [5, 5.41) is 0. The topological polar surface area (TPSA) is 49.9 Å². The van der Waals surface area contributed by atoms with Crippen LogP contribution in [-0.4, -0.2) is 43.5 Å². The number of likely N-dealkylation sites (N-methyl/N-ethyl adjacent to an activating group) is 2. The first-order valence-electron chi connectivity index (χ1n) is 9.25. The summed E-state index contributed by atoms with van der Waals surface area (Å²) in [6.45, 7) is 3.36. The van der Waals surface area contributed by atoms with E-state index in [1.54, 1.807) is 6.07 Å². The Bertz CT molecular complexity index is 896. The Morgan fingerprint density at radius 2 is 1.89 bits per heavy atom. The van der Waals surface area contributed by atoms with Gasteiger partial charge < -0.3 is 9.64 Å². The summed E-state index contributed by atoms with van der Waals surface area (Å²) in [5.74, 6) is -1.40. The third-order valence-corrected chi connectivity index (χ3v) is 5.99. The predicted molar refractivity (Wildman–Crippen MR) is 104 cm³/mol. The van der Waals surface area contributed by atoms with Crippen molar-refractivity contribution in [3.8, 4) is 0 Å². The van der Waals surface area contributed by atoms with E-state index in [1.165, 1.54) is 0 Å². The summed E-state index contributed by atoms with van der Waals surface area (Å²) in [4.78, 5) is 29.5. The van der Waals surface area contributed by atoms with Gasteiger partial charge in [0.1, 0.15) is 6.61 Å². The van der Waals surface area contributed by atoms with Gasteiger partial charge in [0.2, 0.25) is 0 Å². The first kappa shape index (κ1) is 17.7. The Morgan fingerprint density at radius 1 is 1.15 bits per heavy atom. The smallest absolute Gasteiger partial charge is 0.380 e. The van der Waals surface area contributed by atoms with Crippen LogP contribution in [0.25, 0.3) is 0 Å². The molecule has 2 heterocycles. The molecule has 2 aliphatic heterocycles. The number of nitrogens with zero attached hydrogens (tertiary/aromatic N) is 2. The minimum Gasteiger partial charge on any atom is -0.455 e. The lowest BCUT2D eigenvalue weighted by Crippen LogP contribution is -2.45. The number of hydrogen-bond acceptors (Lipinski definition) is 5. The van der Waals surface area contributed by atoms with Gasteiger partial charge in [-0.05, 0) is 42.8 Å². The molecule has 140 valence electrons. The molecule has 0 bridgehead atoms. The number of fused-ring (bicyclic) bond motifs is 3. The van der Waals surface area contributed by atoms with E-state index in [2.05, 4.69) is 30.8 Å². The number of hydrogen-bond donors (Lipinski definition) is 0. The number of ketones is 1. The average molecular weight is 364 g/mol. The van der Waals surface area contributed by atoms with E-state index in [0.29, 0.717) is 5.56 Å². The quantitative estimate of drug-likeness (QED) is 0.474. The number of likely N-dealkylation sites (tertiary alicyclic amines) is 1. The summed E-state index contributed by atoms with van der Waals surface area (Å²) < 4.78 is 5.21. The van der Waals surface area contributed by atoms with Gasteiger partial charge in [0.15, 0.2) is 0 Å². The molecule has 0 saturated carbocycles.